The molecule has 0 amide bonds. The second-order valence-corrected chi connectivity index (χ2v) is 6.52. The van der Waals surface area contributed by atoms with Gasteiger partial charge in [-0.25, -0.2) is 9.89 Å². The van der Waals surface area contributed by atoms with Crippen LogP contribution in [-0.4, -0.2) is 20.0 Å². The monoisotopic (exact) mass is 290 g/mol. The summed E-state index contributed by atoms with van der Waals surface area (Å²) in [5.74, 6) is 0. The Kier molecular flexibility index (Phi) is 3.67. The molecule has 0 radical (unpaired) electrons. The third kappa shape index (κ3) is 2.66. The van der Waals surface area contributed by atoms with Gasteiger partial charge in [0.25, 0.3) is 0 Å². The molecule has 2 unspecified atom stereocenters. The molecule has 0 saturated heterocycles. The van der Waals surface area contributed by atoms with Gasteiger partial charge in [0.05, 0.1) is 0 Å². The first-order chi connectivity index (χ1) is 9.66. The van der Waals surface area contributed by atoms with Gasteiger partial charge in [0.2, 0.25) is 0 Å². The second-order valence-electron chi connectivity index (χ2n) is 5.17. The summed E-state index contributed by atoms with van der Waals surface area (Å²) in [5, 5.41) is 7.55. The van der Waals surface area contributed by atoms with E-state index in [9.17, 15) is 4.79 Å². The number of benzene rings is 1. The zero-order valence-electron chi connectivity index (χ0n) is 11.3. The largest absolute Gasteiger partial charge is 0.344 e. The van der Waals surface area contributed by atoms with Gasteiger partial charge in [-0.1, -0.05) is 49.0 Å². The van der Waals surface area contributed by atoms with Crippen LogP contribution >= 0.6 is 11.8 Å². The highest BCUT2D eigenvalue weighted by Gasteiger charge is 2.30. The third-order valence-corrected chi connectivity index (χ3v) is 4.73. The van der Waals surface area contributed by atoms with E-state index in [2.05, 4.69) is 17.1 Å². The predicted octanol–water partition coefficient (Wildman–Crippen LogP) is 2.09. The van der Waals surface area contributed by atoms with Crippen molar-refractivity contribution in [1.82, 2.24) is 14.8 Å². The number of aromatic nitrogens is 3. The summed E-state index contributed by atoms with van der Waals surface area (Å²) in [6, 6.07) is 10.2. The summed E-state index contributed by atoms with van der Waals surface area (Å²) >= 11 is 1.56. The van der Waals surface area contributed by atoms with E-state index in [4.69, 9.17) is 5.73 Å². The first kappa shape index (κ1) is 13.5. The molecular weight excluding hydrogens is 272 g/mol. The number of H-pyrrole nitrogens is 1. The van der Waals surface area contributed by atoms with E-state index in [-0.39, 0.29) is 17.0 Å². The van der Waals surface area contributed by atoms with Crippen LogP contribution in [0.3, 0.4) is 0 Å². The molecule has 2 aromatic rings. The fraction of sp³-hybridized carbons (Fsp3) is 0.429. The van der Waals surface area contributed by atoms with Crippen LogP contribution < -0.4 is 11.4 Å². The molecule has 1 fully saturated rings. The van der Waals surface area contributed by atoms with E-state index in [1.54, 1.807) is 16.3 Å². The summed E-state index contributed by atoms with van der Waals surface area (Å²) in [4.78, 5) is 11.7. The Hall–Kier alpha value is -1.53. The van der Waals surface area contributed by atoms with E-state index in [0.29, 0.717) is 6.04 Å². The number of aromatic amines is 1. The summed E-state index contributed by atoms with van der Waals surface area (Å²) in [6.45, 7) is 2.07. The van der Waals surface area contributed by atoms with E-state index in [1.807, 2.05) is 30.3 Å². The molecular formula is C14H18N4OS. The Balaban J connectivity index is 1.76. The van der Waals surface area contributed by atoms with Crippen LogP contribution in [0.5, 0.6) is 0 Å². The number of nitrogens with zero attached hydrogens (tertiary/aromatic N) is 2. The Morgan fingerprint density at radius 2 is 2.10 bits per heavy atom. The minimum absolute atomic E-state index is 0.0827. The van der Waals surface area contributed by atoms with Gasteiger partial charge in [0, 0.05) is 17.3 Å². The molecule has 1 aliphatic carbocycles. The molecule has 0 spiro atoms. The number of rotatable bonds is 5. The van der Waals surface area contributed by atoms with Gasteiger partial charge in [-0.15, -0.1) is 5.10 Å². The Morgan fingerprint density at radius 3 is 2.75 bits per heavy atom. The topological polar surface area (TPSA) is 76.7 Å². The highest BCUT2D eigenvalue weighted by molar-refractivity contribution is 7.99. The fourth-order valence-corrected chi connectivity index (χ4v) is 3.29. The minimum atomic E-state index is -0.115. The van der Waals surface area contributed by atoms with Gasteiger partial charge in [-0.2, -0.15) is 0 Å². The molecule has 5 nitrogen and oxygen atoms in total. The van der Waals surface area contributed by atoms with Gasteiger partial charge in [-0.3, -0.25) is 4.57 Å². The van der Waals surface area contributed by atoms with Crippen LogP contribution in [0.25, 0.3) is 0 Å². The van der Waals surface area contributed by atoms with Gasteiger partial charge in [0.1, 0.15) is 0 Å². The summed E-state index contributed by atoms with van der Waals surface area (Å²) in [5.41, 5.74) is 7.27. The smallest absolute Gasteiger partial charge is 0.323 e. The highest BCUT2D eigenvalue weighted by atomic mass is 32.2. The Labute approximate surface area is 121 Å². The van der Waals surface area contributed by atoms with E-state index < -0.39 is 0 Å². The van der Waals surface area contributed by atoms with Crippen molar-refractivity contribution in [3.63, 3.8) is 0 Å². The summed E-state index contributed by atoms with van der Waals surface area (Å²) in [7, 11) is 0. The lowest BCUT2D eigenvalue weighted by molar-refractivity contribution is 0.636. The average molecular weight is 290 g/mol. The van der Waals surface area contributed by atoms with Gasteiger partial charge in [-0.05, 0) is 18.4 Å². The van der Waals surface area contributed by atoms with E-state index >= 15 is 0 Å². The first-order valence-corrected chi connectivity index (χ1v) is 7.69. The maximum atomic E-state index is 11.7. The van der Waals surface area contributed by atoms with Gasteiger partial charge in [0.15, 0.2) is 5.16 Å². The molecule has 1 aromatic heterocycles. The predicted molar refractivity (Wildman–Crippen MR) is 79.8 cm³/mol. The van der Waals surface area contributed by atoms with Crippen LogP contribution in [-0.2, 0) is 0 Å². The number of nitrogens with two attached hydrogens (primary N) is 1. The van der Waals surface area contributed by atoms with Crippen molar-refractivity contribution in [2.75, 3.05) is 0 Å². The maximum absolute atomic E-state index is 11.7. The molecule has 1 aliphatic rings. The molecule has 6 heteroatoms. The van der Waals surface area contributed by atoms with Crippen molar-refractivity contribution in [3.05, 3.63) is 46.4 Å². The quantitative estimate of drug-likeness (QED) is 0.827. The van der Waals surface area contributed by atoms with Gasteiger partial charge < -0.3 is 5.73 Å². The Bertz CT molecular complexity index is 632. The molecule has 0 aliphatic heterocycles. The van der Waals surface area contributed by atoms with Crippen LogP contribution in [0, 0.1) is 0 Å². The maximum Gasteiger partial charge on any atom is 0.344 e. The highest BCUT2D eigenvalue weighted by Crippen LogP contribution is 2.38. The Morgan fingerprint density at radius 1 is 1.40 bits per heavy atom. The molecule has 1 aromatic carbocycles. The normalized spacial score (nSPS) is 17.9. The molecule has 1 heterocycles. The van der Waals surface area contributed by atoms with Crippen molar-refractivity contribution < 1.29 is 0 Å². The van der Waals surface area contributed by atoms with Crippen molar-refractivity contribution in [1.29, 1.82) is 0 Å². The number of thioether (sulfide) groups is 1. The van der Waals surface area contributed by atoms with Crippen molar-refractivity contribution in [3.8, 4) is 0 Å². The van der Waals surface area contributed by atoms with Crippen molar-refractivity contribution in [2.24, 2.45) is 5.73 Å². The second kappa shape index (κ2) is 5.46. The fourth-order valence-electron chi connectivity index (χ4n) is 2.21. The molecule has 2 atom stereocenters. The van der Waals surface area contributed by atoms with Crippen LogP contribution in [0.1, 0.15) is 37.4 Å². The number of nitrogens with one attached hydrogen (secondary N) is 1. The zero-order valence-corrected chi connectivity index (χ0v) is 12.1. The number of hydrogen-bond acceptors (Lipinski definition) is 4. The van der Waals surface area contributed by atoms with Crippen molar-refractivity contribution in [2.45, 2.75) is 42.3 Å². The molecule has 1 saturated carbocycles. The SMILES string of the molecule is CC(Sc1n[nH]c(=O)n1C1CC1)C(N)c1ccccc1. The summed E-state index contributed by atoms with van der Waals surface area (Å²) < 4.78 is 1.76. The lowest BCUT2D eigenvalue weighted by Crippen LogP contribution is -2.22. The van der Waals surface area contributed by atoms with Crippen LogP contribution in [0.15, 0.2) is 40.3 Å². The van der Waals surface area contributed by atoms with Crippen LogP contribution in [0.4, 0.5) is 0 Å². The molecule has 3 N–H and O–H groups in total. The molecule has 20 heavy (non-hydrogen) atoms. The lowest BCUT2D eigenvalue weighted by Gasteiger charge is -2.19. The third-order valence-electron chi connectivity index (χ3n) is 3.57. The molecule has 106 valence electrons. The van der Waals surface area contributed by atoms with Gasteiger partial charge >= 0.3 is 5.69 Å². The molecule has 3 rings (SSSR count). The van der Waals surface area contributed by atoms with E-state index in [0.717, 1.165) is 23.6 Å². The first-order valence-electron chi connectivity index (χ1n) is 6.81. The average Bonchev–Trinajstić information content (AvgIpc) is 3.24. The standard InChI is InChI=1S/C14H18N4OS/c1-9(12(15)10-5-3-2-4-6-10)20-14-17-16-13(19)18(14)11-7-8-11/h2-6,9,11-12H,7-8,15H2,1H3,(H,16,19). The zero-order chi connectivity index (χ0) is 14.1. The lowest BCUT2D eigenvalue weighted by atomic mass is 10.1. The number of hydrogen-bond donors (Lipinski definition) is 2. The minimum Gasteiger partial charge on any atom is -0.323 e. The summed E-state index contributed by atoms with van der Waals surface area (Å²) in [6.07, 6.45) is 2.12. The van der Waals surface area contributed by atoms with E-state index in [1.165, 1.54) is 0 Å². The van der Waals surface area contributed by atoms with Crippen LogP contribution in [0.2, 0.25) is 0 Å². The van der Waals surface area contributed by atoms with Crippen molar-refractivity contribution >= 4 is 11.8 Å². The molecule has 0 bridgehead atoms.